The van der Waals surface area contributed by atoms with E-state index in [-0.39, 0.29) is 11.9 Å². The summed E-state index contributed by atoms with van der Waals surface area (Å²) in [4.78, 5) is 0.537. The first-order valence-electron chi connectivity index (χ1n) is 6.63. The van der Waals surface area contributed by atoms with Gasteiger partial charge in [0.25, 0.3) is 0 Å². The molecule has 1 aromatic heterocycles. The van der Waals surface area contributed by atoms with Gasteiger partial charge in [0.2, 0.25) is 5.16 Å². The quantitative estimate of drug-likeness (QED) is 0.915. The van der Waals surface area contributed by atoms with Crippen LogP contribution >= 0.6 is 11.8 Å². The first-order chi connectivity index (χ1) is 9.63. The summed E-state index contributed by atoms with van der Waals surface area (Å²) in [5.74, 6) is -0.251. The van der Waals surface area contributed by atoms with E-state index in [4.69, 9.17) is 5.73 Å². The fraction of sp³-hybridized carbons (Fsp3) is 0.462. The zero-order valence-corrected chi connectivity index (χ0v) is 12.0. The SMILES string of the molecule is CC(N)Cc1ccc(Sc2nnnn2C2CC2)c(F)c1. The molecule has 1 unspecified atom stereocenters. The molecule has 1 heterocycles. The van der Waals surface area contributed by atoms with E-state index in [1.165, 1.54) is 17.8 Å². The van der Waals surface area contributed by atoms with Crippen LogP contribution in [-0.4, -0.2) is 26.2 Å². The van der Waals surface area contributed by atoms with Crippen LogP contribution in [0.25, 0.3) is 0 Å². The molecule has 2 N–H and O–H groups in total. The van der Waals surface area contributed by atoms with Crippen molar-refractivity contribution in [3.8, 4) is 0 Å². The highest BCUT2D eigenvalue weighted by Crippen LogP contribution is 2.38. The minimum Gasteiger partial charge on any atom is -0.328 e. The number of tetrazole rings is 1. The maximum Gasteiger partial charge on any atom is 0.214 e. The van der Waals surface area contributed by atoms with Gasteiger partial charge in [-0.25, -0.2) is 9.07 Å². The standard InChI is InChI=1S/C13H16FN5S/c1-8(15)6-9-2-5-12(11(14)7-9)20-13-16-17-18-19(13)10-3-4-10/h2,5,7-8,10H,3-4,6,15H2,1H3. The summed E-state index contributed by atoms with van der Waals surface area (Å²) in [6.45, 7) is 1.91. The molecule has 1 fully saturated rings. The molecule has 0 saturated heterocycles. The van der Waals surface area contributed by atoms with Gasteiger partial charge in [0, 0.05) is 6.04 Å². The predicted octanol–water partition coefficient (Wildman–Crippen LogP) is 2.19. The normalized spacial score (nSPS) is 16.4. The zero-order valence-electron chi connectivity index (χ0n) is 11.2. The van der Waals surface area contributed by atoms with Gasteiger partial charge in [-0.1, -0.05) is 6.07 Å². The lowest BCUT2D eigenvalue weighted by Gasteiger charge is -2.08. The lowest BCUT2D eigenvalue weighted by Crippen LogP contribution is -2.17. The summed E-state index contributed by atoms with van der Waals surface area (Å²) in [5.41, 5.74) is 6.63. The molecule has 0 radical (unpaired) electrons. The molecule has 1 saturated carbocycles. The lowest BCUT2D eigenvalue weighted by atomic mass is 10.1. The van der Waals surface area contributed by atoms with E-state index in [1.807, 2.05) is 13.0 Å². The second-order valence-electron chi connectivity index (χ2n) is 5.19. The van der Waals surface area contributed by atoms with Crippen LogP contribution in [0, 0.1) is 5.82 Å². The summed E-state index contributed by atoms with van der Waals surface area (Å²) in [5, 5.41) is 12.2. The topological polar surface area (TPSA) is 69.6 Å². The predicted molar refractivity (Wildman–Crippen MR) is 74.0 cm³/mol. The molecule has 3 rings (SSSR count). The summed E-state index contributed by atoms with van der Waals surface area (Å²) in [6, 6.07) is 5.61. The van der Waals surface area contributed by atoms with Gasteiger partial charge in [0.15, 0.2) is 0 Å². The molecule has 0 aliphatic heterocycles. The molecule has 1 aliphatic carbocycles. The molecule has 5 nitrogen and oxygen atoms in total. The minimum atomic E-state index is -0.251. The molecule has 1 atom stereocenters. The molecular weight excluding hydrogens is 277 g/mol. The Morgan fingerprint density at radius 2 is 2.30 bits per heavy atom. The van der Waals surface area contributed by atoms with E-state index in [0.29, 0.717) is 22.5 Å². The molecule has 20 heavy (non-hydrogen) atoms. The first kappa shape index (κ1) is 13.5. The number of halogens is 1. The van der Waals surface area contributed by atoms with Gasteiger partial charge in [-0.05, 0) is 66.1 Å². The van der Waals surface area contributed by atoms with E-state index >= 15 is 0 Å². The molecule has 0 bridgehead atoms. The summed E-state index contributed by atoms with van der Waals surface area (Å²) in [7, 11) is 0. The van der Waals surface area contributed by atoms with Crippen LogP contribution in [0.1, 0.15) is 31.4 Å². The molecule has 7 heteroatoms. The van der Waals surface area contributed by atoms with Gasteiger partial charge in [0.1, 0.15) is 5.82 Å². The van der Waals surface area contributed by atoms with E-state index < -0.39 is 0 Å². The Kier molecular flexibility index (Phi) is 3.71. The fourth-order valence-corrected chi connectivity index (χ4v) is 2.87. The number of rotatable bonds is 5. The monoisotopic (exact) mass is 293 g/mol. The molecule has 0 amide bonds. The first-order valence-corrected chi connectivity index (χ1v) is 7.45. The summed E-state index contributed by atoms with van der Waals surface area (Å²) in [6.07, 6.45) is 2.85. The third kappa shape index (κ3) is 2.99. The van der Waals surface area contributed by atoms with Crippen LogP contribution in [0.4, 0.5) is 4.39 Å². The van der Waals surface area contributed by atoms with Crippen molar-refractivity contribution in [1.82, 2.24) is 20.2 Å². The van der Waals surface area contributed by atoms with Gasteiger partial charge >= 0.3 is 0 Å². The summed E-state index contributed by atoms with van der Waals surface area (Å²) < 4.78 is 15.9. The molecule has 106 valence electrons. The van der Waals surface area contributed by atoms with Crippen LogP contribution in [0.3, 0.4) is 0 Å². The van der Waals surface area contributed by atoms with Crippen molar-refractivity contribution < 1.29 is 4.39 Å². The minimum absolute atomic E-state index is 0.0232. The smallest absolute Gasteiger partial charge is 0.214 e. The summed E-state index contributed by atoms with van der Waals surface area (Å²) >= 11 is 1.26. The highest BCUT2D eigenvalue weighted by Gasteiger charge is 2.28. The van der Waals surface area contributed by atoms with Crippen molar-refractivity contribution in [3.63, 3.8) is 0 Å². The molecule has 1 aliphatic rings. The van der Waals surface area contributed by atoms with Gasteiger partial charge in [-0.15, -0.1) is 5.10 Å². The van der Waals surface area contributed by atoms with Crippen LogP contribution in [-0.2, 0) is 6.42 Å². The Morgan fingerprint density at radius 3 is 2.95 bits per heavy atom. The maximum atomic E-state index is 14.1. The van der Waals surface area contributed by atoms with Crippen molar-refractivity contribution >= 4 is 11.8 Å². The fourth-order valence-electron chi connectivity index (χ4n) is 2.03. The average Bonchev–Trinajstić information content (AvgIpc) is 3.12. The van der Waals surface area contributed by atoms with E-state index in [0.717, 1.165) is 18.4 Å². The van der Waals surface area contributed by atoms with Crippen molar-refractivity contribution in [2.24, 2.45) is 5.73 Å². The van der Waals surface area contributed by atoms with Crippen LogP contribution in [0.2, 0.25) is 0 Å². The van der Waals surface area contributed by atoms with Gasteiger partial charge in [0.05, 0.1) is 10.9 Å². The van der Waals surface area contributed by atoms with Crippen molar-refractivity contribution in [2.45, 2.75) is 48.3 Å². The molecule has 0 spiro atoms. The van der Waals surface area contributed by atoms with Gasteiger partial charge in [-0.2, -0.15) is 0 Å². The Balaban J connectivity index is 1.78. The van der Waals surface area contributed by atoms with Crippen molar-refractivity contribution in [3.05, 3.63) is 29.6 Å². The van der Waals surface area contributed by atoms with Gasteiger partial charge in [-0.3, -0.25) is 0 Å². The largest absolute Gasteiger partial charge is 0.328 e. The van der Waals surface area contributed by atoms with E-state index in [9.17, 15) is 4.39 Å². The Bertz CT molecular complexity index is 609. The second-order valence-corrected chi connectivity index (χ2v) is 6.19. The highest BCUT2D eigenvalue weighted by molar-refractivity contribution is 7.99. The number of benzene rings is 1. The zero-order chi connectivity index (χ0) is 14.1. The Morgan fingerprint density at radius 1 is 1.50 bits per heavy atom. The Hall–Kier alpha value is -1.47. The third-order valence-corrected chi connectivity index (χ3v) is 4.11. The van der Waals surface area contributed by atoms with Crippen LogP contribution in [0.15, 0.2) is 28.3 Å². The maximum absolute atomic E-state index is 14.1. The molecule has 1 aromatic carbocycles. The molecular formula is C13H16FN5S. The lowest BCUT2D eigenvalue weighted by molar-refractivity contribution is 0.563. The van der Waals surface area contributed by atoms with Crippen molar-refractivity contribution in [1.29, 1.82) is 0 Å². The van der Waals surface area contributed by atoms with Crippen LogP contribution < -0.4 is 5.73 Å². The van der Waals surface area contributed by atoms with Crippen LogP contribution in [0.5, 0.6) is 0 Å². The number of nitrogens with two attached hydrogens (primary N) is 1. The van der Waals surface area contributed by atoms with E-state index in [2.05, 4.69) is 15.5 Å². The molecule has 2 aromatic rings. The average molecular weight is 293 g/mol. The third-order valence-electron chi connectivity index (χ3n) is 3.11. The van der Waals surface area contributed by atoms with Gasteiger partial charge < -0.3 is 5.73 Å². The number of nitrogens with zero attached hydrogens (tertiary/aromatic N) is 4. The second kappa shape index (κ2) is 5.49. The number of hydrogen-bond acceptors (Lipinski definition) is 5. The number of aromatic nitrogens is 4. The number of hydrogen-bond donors (Lipinski definition) is 1. The van der Waals surface area contributed by atoms with Crippen molar-refractivity contribution in [2.75, 3.05) is 0 Å². The Labute approximate surface area is 120 Å². The van der Waals surface area contributed by atoms with E-state index in [1.54, 1.807) is 10.7 Å². The highest BCUT2D eigenvalue weighted by atomic mass is 32.2.